The Kier molecular flexibility index (Phi) is 12.0. The van der Waals surface area contributed by atoms with Crippen molar-refractivity contribution in [2.75, 3.05) is 11.9 Å². The molecule has 0 aliphatic rings. The number of hydrazine groups is 1. The number of aromatic nitrogens is 1. The maximum Gasteiger partial charge on any atom is 0.270 e. The molecule has 2 amide bonds. The van der Waals surface area contributed by atoms with Crippen LogP contribution in [0.1, 0.15) is 48.3 Å². The van der Waals surface area contributed by atoms with Gasteiger partial charge in [-0.3, -0.25) is 30.8 Å². The van der Waals surface area contributed by atoms with Gasteiger partial charge in [0.05, 0.1) is 18.3 Å². The molecule has 1 unspecified atom stereocenters. The number of ether oxygens (including phenoxy) is 2. The molecule has 1 atom stereocenters. The van der Waals surface area contributed by atoms with Gasteiger partial charge < -0.3 is 25.3 Å². The molecule has 1 aromatic heterocycles. The van der Waals surface area contributed by atoms with Gasteiger partial charge in [-0.15, -0.1) is 0 Å². The van der Waals surface area contributed by atoms with Gasteiger partial charge in [0.25, 0.3) is 11.8 Å². The van der Waals surface area contributed by atoms with Crippen molar-refractivity contribution in [2.45, 2.75) is 32.9 Å². The fourth-order valence-electron chi connectivity index (χ4n) is 3.40. The highest BCUT2D eigenvalue weighted by Gasteiger charge is 2.27. The first-order valence-electron chi connectivity index (χ1n) is 11.9. The number of hydrogen-bond acceptors (Lipinski definition) is 8. The third-order valence-electron chi connectivity index (χ3n) is 5.12. The molecule has 6 N–H and O–H groups in total. The van der Waals surface area contributed by atoms with Crippen LogP contribution in [0.4, 0.5) is 10.1 Å². The van der Waals surface area contributed by atoms with Gasteiger partial charge in [0.2, 0.25) is 0 Å². The topological polar surface area (TPSA) is 169 Å². The summed E-state index contributed by atoms with van der Waals surface area (Å²) in [6.45, 7) is 7.66. The molecule has 40 heavy (non-hydrogen) atoms. The number of anilines is 1. The van der Waals surface area contributed by atoms with E-state index in [1.807, 2.05) is 6.79 Å². The minimum absolute atomic E-state index is 0.0444. The molecule has 2 aromatic carbocycles. The van der Waals surface area contributed by atoms with Gasteiger partial charge in [0, 0.05) is 39.7 Å². The van der Waals surface area contributed by atoms with Crippen LogP contribution in [0.15, 0.2) is 59.3 Å². The van der Waals surface area contributed by atoms with E-state index in [0.717, 1.165) is 6.07 Å². The van der Waals surface area contributed by atoms with E-state index < -0.39 is 23.7 Å². The van der Waals surface area contributed by atoms with Gasteiger partial charge in [-0.1, -0.05) is 0 Å². The summed E-state index contributed by atoms with van der Waals surface area (Å²) in [6, 6.07) is 9.09. The molecule has 0 aliphatic heterocycles. The van der Waals surface area contributed by atoms with E-state index in [2.05, 4.69) is 37.1 Å². The van der Waals surface area contributed by atoms with E-state index in [-0.39, 0.29) is 41.2 Å². The average molecular weight is 617 g/mol. The lowest BCUT2D eigenvalue weighted by Gasteiger charge is -2.23. The van der Waals surface area contributed by atoms with Gasteiger partial charge in [0.1, 0.15) is 24.5 Å². The Morgan fingerprint density at radius 2 is 1.80 bits per heavy atom. The molecule has 0 aliphatic carbocycles. The predicted octanol–water partition coefficient (Wildman–Crippen LogP) is 3.88. The number of rotatable bonds is 10. The van der Waals surface area contributed by atoms with Gasteiger partial charge in [0.15, 0.2) is 11.5 Å². The van der Waals surface area contributed by atoms with Gasteiger partial charge >= 0.3 is 0 Å². The van der Waals surface area contributed by atoms with E-state index in [1.54, 1.807) is 45.0 Å². The lowest BCUT2D eigenvalue weighted by Crippen LogP contribution is -2.45. The highest BCUT2D eigenvalue weighted by Crippen LogP contribution is 2.35. The van der Waals surface area contributed by atoms with Crippen LogP contribution in [0.2, 0.25) is 0 Å². The number of amides is 2. The standard InChI is InChI=1S/C26H28BrFN6O4.CH2O/c1-4-37-21-11-18(20(28)12-22(21)38-14(2)3)23(32-16-7-5-15(6-8-16)24(29)30)26(36)34-33-25(35)17-9-10-31-13-19(17)27;1-2/h5-14,23,32H,4H2,1-3H3,(H3,29,30)(H,33,35)(H,34,36);1H2. The van der Waals surface area contributed by atoms with Crippen molar-refractivity contribution in [3.8, 4) is 11.5 Å². The maximum absolute atomic E-state index is 15.4. The molecule has 0 saturated heterocycles. The first-order valence-corrected chi connectivity index (χ1v) is 12.7. The van der Waals surface area contributed by atoms with E-state index in [0.29, 0.717) is 15.7 Å². The summed E-state index contributed by atoms with van der Waals surface area (Å²) in [4.78, 5) is 37.8. The molecule has 1 heterocycles. The van der Waals surface area contributed by atoms with Crippen molar-refractivity contribution in [1.82, 2.24) is 15.8 Å². The van der Waals surface area contributed by atoms with Gasteiger partial charge in [-0.25, -0.2) is 4.39 Å². The van der Waals surface area contributed by atoms with Crippen LogP contribution in [0, 0.1) is 11.2 Å². The average Bonchev–Trinajstić information content (AvgIpc) is 2.93. The summed E-state index contributed by atoms with van der Waals surface area (Å²) in [5, 5.41) is 10.5. The smallest absolute Gasteiger partial charge is 0.270 e. The normalized spacial score (nSPS) is 10.9. The number of hydrogen-bond donors (Lipinski definition) is 5. The summed E-state index contributed by atoms with van der Waals surface area (Å²) in [6.07, 6.45) is 2.64. The SMILES string of the molecule is C=O.CCOc1cc(C(Nc2ccc(C(=N)N)cc2)C(=O)NNC(=O)c2ccncc2Br)c(F)cc1OC(C)C. The summed E-state index contributed by atoms with van der Waals surface area (Å²) in [5.74, 6) is -1.74. The highest BCUT2D eigenvalue weighted by molar-refractivity contribution is 9.10. The fraction of sp³-hybridized carbons (Fsp3) is 0.222. The second-order valence-electron chi connectivity index (χ2n) is 8.29. The number of halogens is 2. The first-order chi connectivity index (χ1) is 19.1. The Bertz CT molecular complexity index is 1340. The Hall–Kier alpha value is -4.52. The van der Waals surface area contributed by atoms with Crippen LogP contribution in [0.25, 0.3) is 0 Å². The van der Waals surface area contributed by atoms with E-state index in [4.69, 9.17) is 25.4 Å². The molecule has 3 rings (SSSR count). The minimum Gasteiger partial charge on any atom is -0.490 e. The van der Waals surface area contributed by atoms with Crippen molar-refractivity contribution in [3.63, 3.8) is 0 Å². The number of carbonyl (C=O) groups is 3. The molecule has 0 bridgehead atoms. The molecular weight excluding hydrogens is 587 g/mol. The molecule has 0 saturated carbocycles. The molecular formula is C27H30BrFN6O5. The number of nitrogens with zero attached hydrogens (tertiary/aromatic N) is 1. The van der Waals surface area contributed by atoms with Crippen molar-refractivity contribution >= 4 is 46.1 Å². The van der Waals surface area contributed by atoms with Gasteiger partial charge in [-0.2, -0.15) is 0 Å². The summed E-state index contributed by atoms with van der Waals surface area (Å²) >= 11 is 3.24. The number of nitrogen functional groups attached to an aromatic ring is 1. The monoisotopic (exact) mass is 616 g/mol. The largest absolute Gasteiger partial charge is 0.490 e. The summed E-state index contributed by atoms with van der Waals surface area (Å²) in [5.41, 5.74) is 11.3. The third kappa shape index (κ3) is 8.50. The maximum atomic E-state index is 15.4. The van der Waals surface area contributed by atoms with Gasteiger partial charge in [-0.05, 0) is 73.1 Å². The Morgan fingerprint density at radius 3 is 2.38 bits per heavy atom. The van der Waals surface area contributed by atoms with E-state index in [1.165, 1.54) is 24.5 Å². The van der Waals surface area contributed by atoms with Crippen LogP contribution < -0.4 is 31.4 Å². The zero-order valence-corrected chi connectivity index (χ0v) is 23.7. The van der Waals surface area contributed by atoms with Crippen molar-refractivity contribution in [2.24, 2.45) is 5.73 Å². The number of nitrogens with two attached hydrogens (primary N) is 1. The van der Waals surface area contributed by atoms with Crippen LogP contribution in [0.5, 0.6) is 11.5 Å². The lowest BCUT2D eigenvalue weighted by molar-refractivity contribution is -0.122. The van der Waals surface area contributed by atoms with Crippen LogP contribution in [-0.4, -0.2) is 42.1 Å². The van der Waals surface area contributed by atoms with E-state index in [9.17, 15) is 9.59 Å². The first kappa shape index (κ1) is 31.7. The van der Waals surface area contributed by atoms with E-state index >= 15 is 4.39 Å². The highest BCUT2D eigenvalue weighted by atomic mass is 79.9. The minimum atomic E-state index is -1.30. The molecule has 0 spiro atoms. The molecule has 212 valence electrons. The molecule has 0 fully saturated rings. The molecule has 11 nitrogen and oxygen atoms in total. The Balaban J connectivity index is 0.00000274. The van der Waals surface area contributed by atoms with Crippen molar-refractivity contribution < 1.29 is 28.2 Å². The molecule has 3 aromatic rings. The second kappa shape index (κ2) is 15.2. The van der Waals surface area contributed by atoms with Crippen molar-refractivity contribution in [1.29, 1.82) is 5.41 Å². The summed E-state index contributed by atoms with van der Waals surface area (Å²) in [7, 11) is 0. The number of nitrogens with one attached hydrogen (secondary N) is 4. The fourth-order valence-corrected chi connectivity index (χ4v) is 3.83. The third-order valence-corrected chi connectivity index (χ3v) is 5.75. The molecule has 0 radical (unpaired) electrons. The Morgan fingerprint density at radius 1 is 1.12 bits per heavy atom. The van der Waals surface area contributed by atoms with Crippen molar-refractivity contribution in [3.05, 3.63) is 81.8 Å². The van der Waals surface area contributed by atoms with Crippen LogP contribution in [0.3, 0.4) is 0 Å². The number of carbonyl (C=O) groups excluding carboxylic acids is 3. The number of benzene rings is 2. The zero-order valence-electron chi connectivity index (χ0n) is 22.1. The van der Waals surface area contributed by atoms with Crippen LogP contribution in [-0.2, 0) is 9.59 Å². The Labute approximate surface area is 239 Å². The number of pyridine rings is 1. The quantitative estimate of drug-likeness (QED) is 0.130. The summed E-state index contributed by atoms with van der Waals surface area (Å²) < 4.78 is 27.2. The second-order valence-corrected chi connectivity index (χ2v) is 9.14. The van der Waals surface area contributed by atoms with Crippen LogP contribution >= 0.6 is 15.9 Å². The molecule has 13 heteroatoms. The lowest BCUT2D eigenvalue weighted by atomic mass is 10.0. The predicted molar refractivity (Wildman–Crippen MR) is 152 cm³/mol. The number of amidine groups is 1. The zero-order chi connectivity index (χ0) is 29.8.